The minimum absolute atomic E-state index is 0.0564. The molecular formula is C13H11Cl2NO. The van der Waals surface area contributed by atoms with Crippen LogP contribution in [0.5, 0.6) is 0 Å². The van der Waals surface area contributed by atoms with Crippen LogP contribution >= 0.6 is 23.2 Å². The van der Waals surface area contributed by atoms with Gasteiger partial charge in [0.25, 0.3) is 0 Å². The standard InChI is InChI=1S/C13H11Cl2NO/c1-9(17)10-5-6-16(7-10)8-11-3-2-4-12(14)13(11)15/h2-7H,8H2,1H3. The maximum Gasteiger partial charge on any atom is 0.161 e. The monoisotopic (exact) mass is 267 g/mol. The van der Waals surface area contributed by atoms with Crippen LogP contribution in [0.15, 0.2) is 36.7 Å². The van der Waals surface area contributed by atoms with Crippen molar-refractivity contribution in [1.82, 2.24) is 4.57 Å². The molecule has 1 aromatic carbocycles. The van der Waals surface area contributed by atoms with E-state index in [1.807, 2.05) is 22.9 Å². The Labute approximate surface area is 110 Å². The fourth-order valence-corrected chi connectivity index (χ4v) is 1.99. The fraction of sp³-hybridized carbons (Fsp3) is 0.154. The van der Waals surface area contributed by atoms with Gasteiger partial charge in [-0.25, -0.2) is 0 Å². The van der Waals surface area contributed by atoms with E-state index >= 15 is 0 Å². The Hall–Kier alpha value is -1.25. The second-order valence-corrected chi connectivity index (χ2v) is 4.63. The van der Waals surface area contributed by atoms with E-state index in [1.165, 1.54) is 0 Å². The van der Waals surface area contributed by atoms with Crippen molar-refractivity contribution in [2.24, 2.45) is 0 Å². The number of benzene rings is 1. The average molecular weight is 268 g/mol. The first kappa shape index (κ1) is 12.2. The van der Waals surface area contributed by atoms with Gasteiger partial charge in [-0.3, -0.25) is 4.79 Å². The molecule has 0 unspecified atom stereocenters. The molecule has 0 aliphatic heterocycles. The molecule has 1 aromatic heterocycles. The number of nitrogens with zero attached hydrogens (tertiary/aromatic N) is 1. The lowest BCUT2D eigenvalue weighted by Crippen LogP contribution is -1.98. The smallest absolute Gasteiger partial charge is 0.161 e. The lowest BCUT2D eigenvalue weighted by atomic mass is 10.2. The van der Waals surface area contributed by atoms with Crippen LogP contribution in [0.3, 0.4) is 0 Å². The summed E-state index contributed by atoms with van der Waals surface area (Å²) in [6.45, 7) is 2.15. The van der Waals surface area contributed by atoms with Gasteiger partial charge in [-0.15, -0.1) is 0 Å². The predicted molar refractivity (Wildman–Crippen MR) is 70.0 cm³/mol. The van der Waals surface area contributed by atoms with Crippen LogP contribution in [-0.2, 0) is 6.54 Å². The number of rotatable bonds is 3. The largest absolute Gasteiger partial charge is 0.349 e. The van der Waals surface area contributed by atoms with Crippen molar-refractivity contribution in [3.05, 3.63) is 57.8 Å². The Morgan fingerprint density at radius 1 is 1.29 bits per heavy atom. The Balaban J connectivity index is 2.25. The van der Waals surface area contributed by atoms with Crippen molar-refractivity contribution in [1.29, 1.82) is 0 Å². The topological polar surface area (TPSA) is 22.0 Å². The van der Waals surface area contributed by atoms with Crippen molar-refractivity contribution >= 4 is 29.0 Å². The van der Waals surface area contributed by atoms with Gasteiger partial charge in [0.2, 0.25) is 0 Å². The molecule has 17 heavy (non-hydrogen) atoms. The zero-order valence-corrected chi connectivity index (χ0v) is 10.8. The number of hydrogen-bond donors (Lipinski definition) is 0. The number of halogens is 2. The summed E-state index contributed by atoms with van der Waals surface area (Å²) >= 11 is 12.0. The lowest BCUT2D eigenvalue weighted by molar-refractivity contribution is 0.101. The van der Waals surface area contributed by atoms with E-state index in [2.05, 4.69) is 0 Å². The number of ketones is 1. The molecule has 2 rings (SSSR count). The van der Waals surface area contributed by atoms with Crippen LogP contribution in [0.4, 0.5) is 0 Å². The lowest BCUT2D eigenvalue weighted by Gasteiger charge is -2.06. The summed E-state index contributed by atoms with van der Waals surface area (Å²) in [5.41, 5.74) is 1.63. The fourth-order valence-electron chi connectivity index (χ4n) is 1.61. The van der Waals surface area contributed by atoms with Crippen molar-refractivity contribution in [3.8, 4) is 0 Å². The van der Waals surface area contributed by atoms with E-state index in [4.69, 9.17) is 23.2 Å². The van der Waals surface area contributed by atoms with E-state index < -0.39 is 0 Å². The first-order valence-corrected chi connectivity index (χ1v) is 5.93. The van der Waals surface area contributed by atoms with Gasteiger partial charge < -0.3 is 4.57 Å². The number of hydrogen-bond acceptors (Lipinski definition) is 1. The summed E-state index contributed by atoms with van der Waals surface area (Å²) < 4.78 is 1.91. The Bertz CT molecular complexity index is 560. The SMILES string of the molecule is CC(=O)c1ccn(Cc2cccc(Cl)c2Cl)c1. The van der Waals surface area contributed by atoms with Crippen LogP contribution < -0.4 is 0 Å². The third kappa shape index (κ3) is 2.71. The minimum Gasteiger partial charge on any atom is -0.349 e. The third-order valence-electron chi connectivity index (χ3n) is 2.54. The van der Waals surface area contributed by atoms with Gasteiger partial charge >= 0.3 is 0 Å². The highest BCUT2D eigenvalue weighted by molar-refractivity contribution is 6.42. The maximum atomic E-state index is 11.2. The molecule has 0 N–H and O–H groups in total. The Morgan fingerprint density at radius 3 is 2.71 bits per heavy atom. The van der Waals surface area contributed by atoms with Crippen LogP contribution in [0.1, 0.15) is 22.8 Å². The summed E-state index contributed by atoms with van der Waals surface area (Å²) in [6.07, 6.45) is 3.66. The predicted octanol–water partition coefficient (Wildman–Crippen LogP) is 4.05. The number of Topliss-reactive ketones (excluding diaryl/α,β-unsaturated/α-hetero) is 1. The van der Waals surface area contributed by atoms with Gasteiger partial charge in [0, 0.05) is 24.5 Å². The molecule has 2 nitrogen and oxygen atoms in total. The highest BCUT2D eigenvalue weighted by Crippen LogP contribution is 2.26. The molecule has 0 aliphatic rings. The van der Waals surface area contributed by atoms with Crippen LogP contribution in [0, 0.1) is 0 Å². The highest BCUT2D eigenvalue weighted by atomic mass is 35.5. The van der Waals surface area contributed by atoms with Gasteiger partial charge in [0.1, 0.15) is 0 Å². The van der Waals surface area contributed by atoms with Gasteiger partial charge in [-0.05, 0) is 24.6 Å². The highest BCUT2D eigenvalue weighted by Gasteiger charge is 2.06. The third-order valence-corrected chi connectivity index (χ3v) is 3.40. The molecule has 2 aromatic rings. The first-order valence-electron chi connectivity index (χ1n) is 5.17. The van der Waals surface area contributed by atoms with Crippen LogP contribution in [-0.4, -0.2) is 10.4 Å². The molecule has 0 saturated carbocycles. The van der Waals surface area contributed by atoms with Crippen LogP contribution in [0.2, 0.25) is 10.0 Å². The van der Waals surface area contributed by atoms with E-state index in [0.717, 1.165) is 5.56 Å². The number of carbonyl (C=O) groups is 1. The van der Waals surface area contributed by atoms with Crippen molar-refractivity contribution < 1.29 is 4.79 Å². The maximum absolute atomic E-state index is 11.2. The van der Waals surface area contributed by atoms with Gasteiger partial charge in [-0.1, -0.05) is 35.3 Å². The van der Waals surface area contributed by atoms with Gasteiger partial charge in [0.15, 0.2) is 5.78 Å². The molecule has 0 radical (unpaired) electrons. The van der Waals surface area contributed by atoms with E-state index in [-0.39, 0.29) is 5.78 Å². The van der Waals surface area contributed by atoms with Crippen molar-refractivity contribution in [2.75, 3.05) is 0 Å². The molecule has 4 heteroatoms. The molecule has 0 saturated heterocycles. The van der Waals surface area contributed by atoms with E-state index in [9.17, 15) is 4.79 Å². The molecule has 0 fully saturated rings. The number of carbonyl (C=O) groups excluding carboxylic acids is 1. The molecular weight excluding hydrogens is 257 g/mol. The molecule has 1 heterocycles. The molecule has 0 aliphatic carbocycles. The zero-order valence-electron chi connectivity index (χ0n) is 9.28. The van der Waals surface area contributed by atoms with Gasteiger partial charge in [0.05, 0.1) is 10.0 Å². The summed E-state index contributed by atoms with van der Waals surface area (Å²) in [6, 6.07) is 7.32. The van der Waals surface area contributed by atoms with E-state index in [0.29, 0.717) is 22.2 Å². The van der Waals surface area contributed by atoms with Crippen molar-refractivity contribution in [2.45, 2.75) is 13.5 Å². The Morgan fingerprint density at radius 2 is 2.06 bits per heavy atom. The number of aromatic nitrogens is 1. The Kier molecular flexibility index (Phi) is 3.55. The molecule has 0 spiro atoms. The quantitative estimate of drug-likeness (QED) is 0.770. The van der Waals surface area contributed by atoms with Crippen LogP contribution in [0.25, 0.3) is 0 Å². The normalized spacial score (nSPS) is 10.5. The summed E-state index contributed by atoms with van der Waals surface area (Å²) in [5.74, 6) is 0.0564. The molecule has 0 bridgehead atoms. The molecule has 0 atom stereocenters. The summed E-state index contributed by atoms with van der Waals surface area (Å²) in [5, 5.41) is 1.11. The molecule has 88 valence electrons. The summed E-state index contributed by atoms with van der Waals surface area (Å²) in [4.78, 5) is 11.2. The summed E-state index contributed by atoms with van der Waals surface area (Å²) in [7, 11) is 0. The first-order chi connectivity index (χ1) is 8.08. The second-order valence-electron chi connectivity index (χ2n) is 3.84. The zero-order chi connectivity index (χ0) is 12.4. The molecule has 0 amide bonds. The second kappa shape index (κ2) is 4.94. The minimum atomic E-state index is 0.0564. The van der Waals surface area contributed by atoms with Gasteiger partial charge in [-0.2, -0.15) is 0 Å². The average Bonchev–Trinajstić information content (AvgIpc) is 2.73. The van der Waals surface area contributed by atoms with E-state index in [1.54, 1.807) is 25.3 Å². The van der Waals surface area contributed by atoms with Crippen molar-refractivity contribution in [3.63, 3.8) is 0 Å².